The highest BCUT2D eigenvalue weighted by atomic mass is 79.9. The summed E-state index contributed by atoms with van der Waals surface area (Å²) < 4.78 is 51.0. The third-order valence-corrected chi connectivity index (χ3v) is 3.73. The van der Waals surface area contributed by atoms with E-state index in [1.54, 1.807) is 18.2 Å². The second-order valence-corrected chi connectivity index (χ2v) is 5.53. The van der Waals surface area contributed by atoms with Crippen molar-refractivity contribution in [3.05, 3.63) is 71.0 Å². The predicted molar refractivity (Wildman–Crippen MR) is 73.2 cm³/mol. The molecule has 0 fully saturated rings. The Morgan fingerprint density at radius 3 is 2.35 bits per heavy atom. The van der Waals surface area contributed by atoms with E-state index in [0.29, 0.717) is 12.0 Å². The Morgan fingerprint density at radius 2 is 1.70 bits per heavy atom. The normalized spacial score (nSPS) is 13.2. The number of alkyl halides is 4. The molecule has 0 bridgehead atoms. The quantitative estimate of drug-likeness (QED) is 0.506. The lowest BCUT2D eigenvalue weighted by molar-refractivity contribution is -0.137. The summed E-state index contributed by atoms with van der Waals surface area (Å²) >= 11 is 3.36. The van der Waals surface area contributed by atoms with Crippen LogP contribution in [0.1, 0.15) is 21.5 Å². The van der Waals surface area contributed by atoms with Gasteiger partial charge in [-0.1, -0.05) is 46.3 Å². The topological polar surface area (TPSA) is 0 Å². The number of benzene rings is 2. The van der Waals surface area contributed by atoms with Crippen LogP contribution < -0.4 is 0 Å². The molecular formula is C15H11BrF4. The Labute approximate surface area is 122 Å². The standard InChI is InChI=1S/C15H11BrF4/c16-14(8-10-3-1-6-13(17)7-10)11-4-2-5-12(9-11)15(18,19)20/h1-7,9,14H,8H2. The summed E-state index contributed by atoms with van der Waals surface area (Å²) in [7, 11) is 0. The molecular weight excluding hydrogens is 336 g/mol. The first-order valence-electron chi connectivity index (χ1n) is 5.92. The van der Waals surface area contributed by atoms with Gasteiger partial charge in [-0.15, -0.1) is 0 Å². The van der Waals surface area contributed by atoms with Gasteiger partial charge in [-0.3, -0.25) is 0 Å². The van der Waals surface area contributed by atoms with Gasteiger partial charge in [-0.25, -0.2) is 4.39 Å². The van der Waals surface area contributed by atoms with Crippen LogP contribution in [0.3, 0.4) is 0 Å². The van der Waals surface area contributed by atoms with Gasteiger partial charge in [-0.2, -0.15) is 13.2 Å². The van der Waals surface area contributed by atoms with Crippen LogP contribution in [0.15, 0.2) is 48.5 Å². The SMILES string of the molecule is Fc1cccc(CC(Br)c2cccc(C(F)(F)F)c2)c1. The van der Waals surface area contributed by atoms with Crippen LogP contribution in [0.5, 0.6) is 0 Å². The van der Waals surface area contributed by atoms with Crippen LogP contribution in [0.25, 0.3) is 0 Å². The minimum absolute atomic E-state index is 0.299. The zero-order chi connectivity index (χ0) is 14.8. The summed E-state index contributed by atoms with van der Waals surface area (Å²) in [6, 6.07) is 11.2. The Morgan fingerprint density at radius 1 is 1.00 bits per heavy atom. The summed E-state index contributed by atoms with van der Waals surface area (Å²) in [5.41, 5.74) is 0.562. The van der Waals surface area contributed by atoms with Crippen molar-refractivity contribution < 1.29 is 17.6 Å². The molecule has 0 aromatic heterocycles. The Hall–Kier alpha value is -1.36. The first kappa shape index (κ1) is 15.0. The fourth-order valence-corrected chi connectivity index (χ4v) is 2.56. The molecule has 0 saturated heterocycles. The van der Waals surface area contributed by atoms with E-state index in [1.807, 2.05) is 0 Å². The molecule has 0 nitrogen and oxygen atoms in total. The van der Waals surface area contributed by atoms with Crippen molar-refractivity contribution in [2.45, 2.75) is 17.4 Å². The molecule has 2 rings (SSSR count). The van der Waals surface area contributed by atoms with Crippen molar-refractivity contribution in [2.75, 3.05) is 0 Å². The van der Waals surface area contributed by atoms with Crippen molar-refractivity contribution in [3.63, 3.8) is 0 Å². The second-order valence-electron chi connectivity index (χ2n) is 4.42. The maximum absolute atomic E-state index is 13.1. The van der Waals surface area contributed by atoms with Gasteiger partial charge < -0.3 is 0 Å². The van der Waals surface area contributed by atoms with Crippen LogP contribution in [-0.4, -0.2) is 0 Å². The van der Waals surface area contributed by atoms with E-state index in [2.05, 4.69) is 15.9 Å². The van der Waals surface area contributed by atoms with Crippen LogP contribution >= 0.6 is 15.9 Å². The van der Waals surface area contributed by atoms with Gasteiger partial charge in [0.15, 0.2) is 0 Å². The first-order valence-corrected chi connectivity index (χ1v) is 6.83. The van der Waals surface area contributed by atoms with Crippen molar-refractivity contribution in [1.82, 2.24) is 0 Å². The number of rotatable bonds is 3. The smallest absolute Gasteiger partial charge is 0.207 e. The third-order valence-electron chi connectivity index (χ3n) is 2.88. The maximum Gasteiger partial charge on any atom is 0.416 e. The Kier molecular flexibility index (Phi) is 4.48. The van der Waals surface area contributed by atoms with Gasteiger partial charge in [0.1, 0.15) is 5.82 Å². The molecule has 0 aliphatic rings. The molecule has 0 spiro atoms. The van der Waals surface area contributed by atoms with Crippen LogP contribution in [-0.2, 0) is 12.6 Å². The number of hydrogen-bond donors (Lipinski definition) is 0. The average molecular weight is 347 g/mol. The molecule has 20 heavy (non-hydrogen) atoms. The Bertz CT molecular complexity index is 592. The molecule has 2 aromatic carbocycles. The van der Waals surface area contributed by atoms with E-state index in [-0.39, 0.29) is 10.6 Å². The van der Waals surface area contributed by atoms with Gasteiger partial charge in [0, 0.05) is 4.83 Å². The van der Waals surface area contributed by atoms with Crippen molar-refractivity contribution in [1.29, 1.82) is 0 Å². The highest BCUT2D eigenvalue weighted by Crippen LogP contribution is 2.33. The lowest BCUT2D eigenvalue weighted by Crippen LogP contribution is -2.06. The predicted octanol–water partition coefficient (Wildman–Crippen LogP) is 5.52. The largest absolute Gasteiger partial charge is 0.416 e. The minimum Gasteiger partial charge on any atom is -0.207 e. The average Bonchev–Trinajstić information content (AvgIpc) is 2.38. The molecule has 0 heterocycles. The molecule has 1 unspecified atom stereocenters. The third kappa shape index (κ3) is 3.82. The van der Waals surface area contributed by atoms with E-state index in [9.17, 15) is 17.6 Å². The van der Waals surface area contributed by atoms with Crippen LogP contribution in [0.2, 0.25) is 0 Å². The molecule has 0 aliphatic carbocycles. The molecule has 0 saturated carbocycles. The molecule has 0 amide bonds. The van der Waals surface area contributed by atoms with Gasteiger partial charge in [0.2, 0.25) is 0 Å². The Balaban J connectivity index is 2.19. The minimum atomic E-state index is -4.36. The van der Waals surface area contributed by atoms with E-state index in [0.717, 1.165) is 17.7 Å². The lowest BCUT2D eigenvalue weighted by atomic mass is 10.0. The van der Waals surface area contributed by atoms with Crippen molar-refractivity contribution >= 4 is 15.9 Å². The summed E-state index contributed by atoms with van der Waals surface area (Å²) in [4.78, 5) is -0.299. The summed E-state index contributed by atoms with van der Waals surface area (Å²) in [6.45, 7) is 0. The van der Waals surface area contributed by atoms with Gasteiger partial charge in [0.25, 0.3) is 0 Å². The van der Waals surface area contributed by atoms with Crippen molar-refractivity contribution in [3.8, 4) is 0 Å². The molecule has 0 aliphatic heterocycles. The zero-order valence-electron chi connectivity index (χ0n) is 10.3. The van der Waals surface area contributed by atoms with Crippen LogP contribution in [0.4, 0.5) is 17.6 Å². The molecule has 2 aromatic rings. The molecule has 1 atom stereocenters. The molecule has 106 valence electrons. The summed E-state index contributed by atoms with van der Waals surface area (Å²) in [5, 5.41) is 0. The zero-order valence-corrected chi connectivity index (χ0v) is 11.9. The summed E-state index contributed by atoms with van der Waals surface area (Å²) in [5.74, 6) is -0.355. The van der Waals surface area contributed by atoms with Gasteiger partial charge >= 0.3 is 6.18 Å². The highest BCUT2D eigenvalue weighted by molar-refractivity contribution is 9.09. The fourth-order valence-electron chi connectivity index (χ4n) is 1.90. The fraction of sp³-hybridized carbons (Fsp3) is 0.200. The van der Waals surface area contributed by atoms with Gasteiger partial charge in [0.05, 0.1) is 5.56 Å². The number of halogens is 5. The molecule has 0 N–H and O–H groups in total. The molecule has 5 heteroatoms. The van der Waals surface area contributed by atoms with E-state index in [4.69, 9.17) is 0 Å². The monoisotopic (exact) mass is 346 g/mol. The van der Waals surface area contributed by atoms with Crippen molar-refractivity contribution in [2.24, 2.45) is 0 Å². The van der Waals surface area contributed by atoms with Gasteiger partial charge in [-0.05, 0) is 35.7 Å². The molecule has 0 radical (unpaired) electrons. The van der Waals surface area contributed by atoms with E-state index in [1.165, 1.54) is 18.2 Å². The lowest BCUT2D eigenvalue weighted by Gasteiger charge is -2.13. The highest BCUT2D eigenvalue weighted by Gasteiger charge is 2.30. The van der Waals surface area contributed by atoms with E-state index < -0.39 is 11.7 Å². The van der Waals surface area contributed by atoms with Crippen LogP contribution in [0, 0.1) is 5.82 Å². The summed E-state index contributed by atoms with van der Waals surface area (Å²) in [6.07, 6.45) is -3.94. The first-order chi connectivity index (χ1) is 9.36. The van der Waals surface area contributed by atoms with E-state index >= 15 is 0 Å². The second kappa shape index (κ2) is 5.95. The maximum atomic E-state index is 13.1. The number of hydrogen-bond acceptors (Lipinski definition) is 0.